The van der Waals surface area contributed by atoms with Gasteiger partial charge in [0, 0.05) is 12.1 Å². The minimum atomic E-state index is 0.287. The molecule has 0 bridgehead atoms. The van der Waals surface area contributed by atoms with Crippen LogP contribution < -0.4 is 5.32 Å². The molecule has 1 saturated carbocycles. The highest BCUT2D eigenvalue weighted by Crippen LogP contribution is 2.27. The number of nitrogens with one attached hydrogen (secondary N) is 1. The third-order valence-corrected chi connectivity index (χ3v) is 2.90. The molecule has 0 saturated heterocycles. The fraction of sp³-hybridized carbons (Fsp3) is 1.00. The quantitative estimate of drug-likeness (QED) is 0.669. The predicted octanol–water partition coefficient (Wildman–Crippen LogP) is 1.33. The van der Waals surface area contributed by atoms with Crippen LogP contribution in [0.15, 0.2) is 0 Å². The molecule has 0 heterocycles. The van der Waals surface area contributed by atoms with Crippen LogP contribution >= 0.6 is 0 Å². The zero-order valence-electron chi connectivity index (χ0n) is 8.85. The first-order valence-electron chi connectivity index (χ1n) is 4.90. The molecule has 1 rings (SSSR count). The van der Waals surface area contributed by atoms with Crippen molar-refractivity contribution in [2.24, 2.45) is 5.92 Å². The van der Waals surface area contributed by atoms with Gasteiger partial charge in [0.2, 0.25) is 0 Å². The monoisotopic (exact) mass is 170 g/mol. The second kappa shape index (κ2) is 3.75. The third kappa shape index (κ3) is 3.11. The van der Waals surface area contributed by atoms with Gasteiger partial charge in [0.1, 0.15) is 0 Å². The Hall–Kier alpha value is -0.0800. The Bertz CT molecular complexity index is 137. The Morgan fingerprint density at radius 1 is 1.33 bits per heavy atom. The summed E-state index contributed by atoms with van der Waals surface area (Å²) in [7, 11) is 4.28. The number of likely N-dealkylation sites (N-methyl/N-ethyl adjacent to an activating group) is 1. The maximum atomic E-state index is 3.53. The van der Waals surface area contributed by atoms with E-state index in [4.69, 9.17) is 0 Å². The smallest absolute Gasteiger partial charge is 0.0271 e. The molecule has 72 valence electrons. The van der Waals surface area contributed by atoms with Gasteiger partial charge in [-0.1, -0.05) is 0 Å². The lowest BCUT2D eigenvalue weighted by Crippen LogP contribution is -2.47. The summed E-state index contributed by atoms with van der Waals surface area (Å²) in [5, 5.41) is 3.53. The van der Waals surface area contributed by atoms with E-state index in [1.165, 1.54) is 19.4 Å². The summed E-state index contributed by atoms with van der Waals surface area (Å²) in [5.41, 5.74) is 0.287. The van der Waals surface area contributed by atoms with E-state index in [-0.39, 0.29) is 5.54 Å². The van der Waals surface area contributed by atoms with Crippen LogP contribution in [0.5, 0.6) is 0 Å². The van der Waals surface area contributed by atoms with E-state index < -0.39 is 0 Å². The average Bonchev–Trinajstić information content (AvgIpc) is 2.70. The van der Waals surface area contributed by atoms with Crippen molar-refractivity contribution in [3.63, 3.8) is 0 Å². The zero-order chi connectivity index (χ0) is 9.19. The molecule has 0 atom stereocenters. The van der Waals surface area contributed by atoms with Crippen LogP contribution in [0.1, 0.15) is 26.7 Å². The predicted molar refractivity (Wildman–Crippen MR) is 53.4 cm³/mol. The summed E-state index contributed by atoms with van der Waals surface area (Å²) in [6.45, 7) is 6.85. The van der Waals surface area contributed by atoms with Crippen LogP contribution in [-0.4, -0.2) is 37.6 Å². The van der Waals surface area contributed by atoms with Crippen molar-refractivity contribution in [1.29, 1.82) is 0 Å². The molecule has 1 fully saturated rings. The van der Waals surface area contributed by atoms with Gasteiger partial charge in [0.05, 0.1) is 0 Å². The Balaban J connectivity index is 2.10. The maximum Gasteiger partial charge on any atom is 0.0271 e. The molecule has 0 aromatic heterocycles. The highest BCUT2D eigenvalue weighted by atomic mass is 15.2. The Labute approximate surface area is 76.3 Å². The molecular weight excluding hydrogens is 148 g/mol. The Morgan fingerprint density at radius 3 is 2.33 bits per heavy atom. The number of hydrogen-bond acceptors (Lipinski definition) is 2. The van der Waals surface area contributed by atoms with Crippen LogP contribution in [0.25, 0.3) is 0 Å². The second-order valence-electron chi connectivity index (χ2n) is 4.78. The number of hydrogen-bond donors (Lipinski definition) is 1. The molecule has 0 aromatic rings. The third-order valence-electron chi connectivity index (χ3n) is 2.90. The summed E-state index contributed by atoms with van der Waals surface area (Å²) in [6, 6.07) is 0. The molecule has 0 amide bonds. The summed E-state index contributed by atoms with van der Waals surface area (Å²) < 4.78 is 0. The summed E-state index contributed by atoms with van der Waals surface area (Å²) in [6.07, 6.45) is 2.88. The van der Waals surface area contributed by atoms with Crippen molar-refractivity contribution < 1.29 is 0 Å². The lowest BCUT2D eigenvalue weighted by molar-refractivity contribution is 0.190. The van der Waals surface area contributed by atoms with Gasteiger partial charge in [-0.05, 0) is 53.2 Å². The van der Waals surface area contributed by atoms with Crippen molar-refractivity contribution in [2.75, 3.05) is 27.2 Å². The molecule has 1 N–H and O–H groups in total. The minimum absolute atomic E-state index is 0.287. The standard InChI is InChI=1S/C10H22N2/c1-10(2,12(3)4)8-11-7-9-5-6-9/h9,11H,5-8H2,1-4H3. The van der Waals surface area contributed by atoms with Gasteiger partial charge in [0.25, 0.3) is 0 Å². The first kappa shape index (κ1) is 10.0. The molecule has 0 aromatic carbocycles. The first-order chi connectivity index (χ1) is 5.52. The number of rotatable bonds is 5. The molecule has 2 heteroatoms. The summed E-state index contributed by atoms with van der Waals surface area (Å²) in [4.78, 5) is 2.27. The highest BCUT2D eigenvalue weighted by Gasteiger charge is 2.23. The molecule has 1 aliphatic carbocycles. The average molecular weight is 170 g/mol. The van der Waals surface area contributed by atoms with Crippen LogP contribution in [0, 0.1) is 5.92 Å². The van der Waals surface area contributed by atoms with Gasteiger partial charge in [-0.15, -0.1) is 0 Å². The van der Waals surface area contributed by atoms with Crippen molar-refractivity contribution >= 4 is 0 Å². The van der Waals surface area contributed by atoms with Crippen molar-refractivity contribution in [1.82, 2.24) is 10.2 Å². The van der Waals surface area contributed by atoms with E-state index in [0.717, 1.165) is 12.5 Å². The van der Waals surface area contributed by atoms with Crippen molar-refractivity contribution in [3.05, 3.63) is 0 Å². The maximum absolute atomic E-state index is 3.53. The molecule has 1 aliphatic rings. The van der Waals surface area contributed by atoms with Gasteiger partial charge < -0.3 is 10.2 Å². The van der Waals surface area contributed by atoms with Gasteiger partial charge in [-0.25, -0.2) is 0 Å². The highest BCUT2D eigenvalue weighted by molar-refractivity contribution is 4.82. The lowest BCUT2D eigenvalue weighted by atomic mass is 10.0. The molecule has 12 heavy (non-hydrogen) atoms. The normalized spacial score (nSPS) is 18.8. The van der Waals surface area contributed by atoms with E-state index in [9.17, 15) is 0 Å². The Kier molecular flexibility index (Phi) is 3.13. The van der Waals surface area contributed by atoms with E-state index in [2.05, 4.69) is 38.2 Å². The zero-order valence-corrected chi connectivity index (χ0v) is 8.85. The van der Waals surface area contributed by atoms with E-state index in [1.54, 1.807) is 0 Å². The minimum Gasteiger partial charge on any atom is -0.315 e. The van der Waals surface area contributed by atoms with Gasteiger partial charge in [0.15, 0.2) is 0 Å². The topological polar surface area (TPSA) is 15.3 Å². The molecule has 2 nitrogen and oxygen atoms in total. The van der Waals surface area contributed by atoms with Gasteiger partial charge >= 0.3 is 0 Å². The molecule has 0 aliphatic heterocycles. The van der Waals surface area contributed by atoms with Crippen molar-refractivity contribution in [3.8, 4) is 0 Å². The lowest BCUT2D eigenvalue weighted by Gasteiger charge is -2.32. The second-order valence-corrected chi connectivity index (χ2v) is 4.78. The van der Waals surface area contributed by atoms with Gasteiger partial charge in [-0.3, -0.25) is 0 Å². The number of nitrogens with zero attached hydrogens (tertiary/aromatic N) is 1. The van der Waals surface area contributed by atoms with E-state index in [1.807, 2.05) is 0 Å². The van der Waals surface area contributed by atoms with Crippen LogP contribution in [0.2, 0.25) is 0 Å². The van der Waals surface area contributed by atoms with Crippen LogP contribution in [-0.2, 0) is 0 Å². The first-order valence-corrected chi connectivity index (χ1v) is 4.90. The summed E-state index contributed by atoms with van der Waals surface area (Å²) in [5.74, 6) is 0.989. The summed E-state index contributed by atoms with van der Waals surface area (Å²) >= 11 is 0. The molecule has 0 spiro atoms. The Morgan fingerprint density at radius 2 is 1.92 bits per heavy atom. The van der Waals surface area contributed by atoms with Crippen LogP contribution in [0.3, 0.4) is 0 Å². The molecule has 0 unspecified atom stereocenters. The molecule has 0 radical (unpaired) electrons. The van der Waals surface area contributed by atoms with Crippen LogP contribution in [0.4, 0.5) is 0 Å². The van der Waals surface area contributed by atoms with Gasteiger partial charge in [-0.2, -0.15) is 0 Å². The van der Waals surface area contributed by atoms with E-state index in [0.29, 0.717) is 0 Å². The largest absolute Gasteiger partial charge is 0.315 e. The van der Waals surface area contributed by atoms with Crippen molar-refractivity contribution in [2.45, 2.75) is 32.2 Å². The SMILES string of the molecule is CN(C)C(C)(C)CNCC1CC1. The fourth-order valence-corrected chi connectivity index (χ4v) is 1.06. The molecular formula is C10H22N2. The fourth-order valence-electron chi connectivity index (χ4n) is 1.06. The van der Waals surface area contributed by atoms with E-state index >= 15 is 0 Å².